The van der Waals surface area contributed by atoms with Gasteiger partial charge in [0.2, 0.25) is 0 Å². The number of hydrogen-bond donors (Lipinski definition) is 1. The fraction of sp³-hybridized carbons (Fsp3) is 0.462. The lowest BCUT2D eigenvalue weighted by molar-refractivity contribution is 0.0695. The molecule has 0 bridgehead atoms. The maximum Gasteiger partial charge on any atom is 0.335 e. The molecule has 0 fully saturated rings. The molecule has 0 saturated carbocycles. The summed E-state index contributed by atoms with van der Waals surface area (Å²) in [6, 6.07) is 4.88. The van der Waals surface area contributed by atoms with Crippen LogP contribution >= 0.6 is 0 Å². The van der Waals surface area contributed by atoms with E-state index in [1.165, 1.54) is 0 Å². The molecule has 1 unspecified atom stereocenters. The van der Waals surface area contributed by atoms with Crippen molar-refractivity contribution in [1.29, 1.82) is 0 Å². The third-order valence-corrected chi connectivity index (χ3v) is 2.49. The number of carboxylic acid groups (broad SMARTS) is 1. The lowest BCUT2D eigenvalue weighted by Gasteiger charge is -2.16. The van der Waals surface area contributed by atoms with Gasteiger partial charge in [0.25, 0.3) is 0 Å². The van der Waals surface area contributed by atoms with E-state index in [2.05, 4.69) is 0 Å². The molecule has 0 spiro atoms. The van der Waals surface area contributed by atoms with Crippen LogP contribution in [0.25, 0.3) is 0 Å². The van der Waals surface area contributed by atoms with Gasteiger partial charge in [0, 0.05) is 20.1 Å². The van der Waals surface area contributed by atoms with Gasteiger partial charge in [0.05, 0.1) is 11.7 Å². The molecule has 0 aliphatic heterocycles. The second-order valence-electron chi connectivity index (χ2n) is 4.00. The van der Waals surface area contributed by atoms with Crippen LogP contribution in [-0.2, 0) is 4.74 Å². The number of hydrogen-bond acceptors (Lipinski definition) is 3. The highest BCUT2D eigenvalue weighted by Gasteiger charge is 2.10. The first-order chi connectivity index (χ1) is 8.04. The number of aryl methyl sites for hydroxylation is 1. The summed E-state index contributed by atoms with van der Waals surface area (Å²) in [5.74, 6) is -0.326. The van der Waals surface area contributed by atoms with E-state index in [0.29, 0.717) is 12.4 Å². The predicted octanol–water partition coefficient (Wildman–Crippen LogP) is 2.50. The lowest BCUT2D eigenvalue weighted by Crippen LogP contribution is -2.15. The zero-order chi connectivity index (χ0) is 12.8. The zero-order valence-electron chi connectivity index (χ0n) is 10.4. The van der Waals surface area contributed by atoms with Crippen molar-refractivity contribution < 1.29 is 19.4 Å². The van der Waals surface area contributed by atoms with Gasteiger partial charge in [0.1, 0.15) is 5.75 Å². The molecule has 0 saturated heterocycles. The average Bonchev–Trinajstić information content (AvgIpc) is 2.29. The molecule has 0 aliphatic carbocycles. The van der Waals surface area contributed by atoms with Crippen molar-refractivity contribution in [2.24, 2.45) is 0 Å². The molecule has 4 heteroatoms. The van der Waals surface area contributed by atoms with Gasteiger partial charge >= 0.3 is 5.97 Å². The molecule has 0 radical (unpaired) electrons. The summed E-state index contributed by atoms with van der Waals surface area (Å²) in [7, 11) is 1.64. The smallest absolute Gasteiger partial charge is 0.335 e. The van der Waals surface area contributed by atoms with Crippen molar-refractivity contribution in [1.82, 2.24) is 0 Å². The van der Waals surface area contributed by atoms with Gasteiger partial charge < -0.3 is 14.6 Å². The summed E-state index contributed by atoms with van der Waals surface area (Å²) in [5.41, 5.74) is 1.17. The van der Waals surface area contributed by atoms with Crippen molar-refractivity contribution in [2.45, 2.75) is 26.4 Å². The first-order valence-electron chi connectivity index (χ1n) is 5.54. The Bertz CT molecular complexity index is 387. The topological polar surface area (TPSA) is 55.8 Å². The van der Waals surface area contributed by atoms with E-state index in [9.17, 15) is 4.79 Å². The Kier molecular flexibility index (Phi) is 4.97. The van der Waals surface area contributed by atoms with Crippen LogP contribution in [0.5, 0.6) is 5.75 Å². The normalized spacial score (nSPS) is 12.2. The Morgan fingerprint density at radius 2 is 2.18 bits per heavy atom. The maximum atomic E-state index is 10.8. The van der Waals surface area contributed by atoms with Crippen molar-refractivity contribution in [3.8, 4) is 5.75 Å². The summed E-state index contributed by atoms with van der Waals surface area (Å²) >= 11 is 0. The second kappa shape index (κ2) is 6.25. The average molecular weight is 238 g/mol. The highest BCUT2D eigenvalue weighted by atomic mass is 16.5. The Labute approximate surface area is 101 Å². The minimum absolute atomic E-state index is 0.00213. The van der Waals surface area contributed by atoms with Crippen molar-refractivity contribution in [3.63, 3.8) is 0 Å². The molecule has 1 atom stereocenters. The van der Waals surface area contributed by atoms with Crippen LogP contribution in [0.15, 0.2) is 18.2 Å². The second-order valence-corrected chi connectivity index (χ2v) is 4.00. The molecule has 17 heavy (non-hydrogen) atoms. The number of rotatable bonds is 6. The van der Waals surface area contributed by atoms with Gasteiger partial charge in [-0.05, 0) is 31.5 Å². The number of carboxylic acids is 1. The first kappa shape index (κ1) is 13.5. The Hall–Kier alpha value is -1.55. The number of aromatic carboxylic acids is 1. The molecular formula is C13H18O4. The highest BCUT2D eigenvalue weighted by Crippen LogP contribution is 2.21. The third kappa shape index (κ3) is 4.07. The van der Waals surface area contributed by atoms with Gasteiger partial charge in [0.15, 0.2) is 0 Å². The highest BCUT2D eigenvalue weighted by molar-refractivity contribution is 5.88. The van der Waals surface area contributed by atoms with Crippen LogP contribution in [0.2, 0.25) is 0 Å². The summed E-state index contributed by atoms with van der Waals surface area (Å²) in [6.07, 6.45) is 0.769. The maximum absolute atomic E-state index is 10.8. The van der Waals surface area contributed by atoms with Crippen LogP contribution in [0.1, 0.15) is 29.3 Å². The fourth-order valence-corrected chi connectivity index (χ4v) is 1.42. The largest absolute Gasteiger partial charge is 0.490 e. The van der Waals surface area contributed by atoms with Crippen molar-refractivity contribution in [3.05, 3.63) is 29.3 Å². The predicted molar refractivity (Wildman–Crippen MR) is 64.7 cm³/mol. The van der Waals surface area contributed by atoms with Crippen LogP contribution < -0.4 is 4.74 Å². The molecule has 0 aliphatic rings. The fourth-order valence-electron chi connectivity index (χ4n) is 1.42. The first-order valence-corrected chi connectivity index (χ1v) is 5.54. The van der Waals surface area contributed by atoms with Crippen LogP contribution in [0, 0.1) is 6.92 Å². The van der Waals surface area contributed by atoms with E-state index >= 15 is 0 Å². The molecule has 94 valence electrons. The SMILES string of the molecule is COCCC(C)Oc1cc(C(=O)O)ccc1C. The lowest BCUT2D eigenvalue weighted by atomic mass is 10.1. The summed E-state index contributed by atoms with van der Waals surface area (Å²) in [4.78, 5) is 10.8. The van der Waals surface area contributed by atoms with Crippen molar-refractivity contribution in [2.75, 3.05) is 13.7 Å². The molecule has 4 nitrogen and oxygen atoms in total. The van der Waals surface area contributed by atoms with Gasteiger partial charge in [-0.2, -0.15) is 0 Å². The third-order valence-electron chi connectivity index (χ3n) is 2.49. The minimum atomic E-state index is -0.945. The number of carbonyl (C=O) groups is 1. The Morgan fingerprint density at radius 3 is 2.76 bits per heavy atom. The Morgan fingerprint density at radius 1 is 1.47 bits per heavy atom. The zero-order valence-corrected chi connectivity index (χ0v) is 10.4. The molecule has 1 rings (SSSR count). The quantitative estimate of drug-likeness (QED) is 0.827. The molecule has 0 heterocycles. The minimum Gasteiger partial charge on any atom is -0.490 e. The summed E-state index contributed by atoms with van der Waals surface area (Å²) < 4.78 is 10.7. The van der Waals surface area contributed by atoms with Crippen LogP contribution in [0.4, 0.5) is 0 Å². The molecule has 1 aromatic rings. The molecule has 1 aromatic carbocycles. The van der Waals surface area contributed by atoms with E-state index in [-0.39, 0.29) is 11.7 Å². The van der Waals surface area contributed by atoms with Crippen LogP contribution in [-0.4, -0.2) is 30.9 Å². The Balaban J connectivity index is 2.75. The summed E-state index contributed by atoms with van der Waals surface area (Å²) in [5, 5.41) is 8.90. The standard InChI is InChI=1S/C13H18O4/c1-9-4-5-11(13(14)15)8-12(9)17-10(2)6-7-16-3/h4-5,8,10H,6-7H2,1-3H3,(H,14,15). The van der Waals surface area contributed by atoms with Gasteiger partial charge in [-0.25, -0.2) is 4.79 Å². The molecule has 0 aromatic heterocycles. The van der Waals surface area contributed by atoms with E-state index in [1.54, 1.807) is 25.3 Å². The van der Waals surface area contributed by atoms with Crippen molar-refractivity contribution >= 4 is 5.97 Å². The molecular weight excluding hydrogens is 220 g/mol. The van der Waals surface area contributed by atoms with Gasteiger partial charge in [-0.3, -0.25) is 0 Å². The number of benzene rings is 1. The van der Waals surface area contributed by atoms with Crippen LogP contribution in [0.3, 0.4) is 0 Å². The van der Waals surface area contributed by atoms with E-state index in [0.717, 1.165) is 12.0 Å². The number of methoxy groups -OCH3 is 1. The monoisotopic (exact) mass is 238 g/mol. The van der Waals surface area contributed by atoms with E-state index < -0.39 is 5.97 Å². The molecule has 0 amide bonds. The van der Waals surface area contributed by atoms with E-state index in [4.69, 9.17) is 14.6 Å². The van der Waals surface area contributed by atoms with E-state index in [1.807, 2.05) is 13.8 Å². The van der Waals surface area contributed by atoms with Gasteiger partial charge in [-0.1, -0.05) is 6.07 Å². The summed E-state index contributed by atoms with van der Waals surface area (Å²) in [6.45, 7) is 4.45. The van der Waals surface area contributed by atoms with Gasteiger partial charge in [-0.15, -0.1) is 0 Å². The number of ether oxygens (including phenoxy) is 2. The molecule has 1 N–H and O–H groups in total.